The van der Waals surface area contributed by atoms with E-state index in [4.69, 9.17) is 4.74 Å². The Labute approximate surface area is 140 Å². The molecule has 0 aliphatic carbocycles. The molecule has 2 rings (SSSR count). The third-order valence-corrected chi connectivity index (χ3v) is 4.80. The molecule has 1 aromatic carbocycles. The van der Waals surface area contributed by atoms with Crippen molar-refractivity contribution in [2.45, 2.75) is 45.2 Å². The quantitative estimate of drug-likeness (QED) is 0.808. The molecular formula is C19H30N2O2. The highest BCUT2D eigenvalue weighted by Gasteiger charge is 2.28. The Kier molecular flexibility index (Phi) is 7.06. The lowest BCUT2D eigenvalue weighted by molar-refractivity contribution is -0.138. The molecule has 0 N–H and O–H groups in total. The molecule has 1 aliphatic heterocycles. The minimum absolute atomic E-state index is 0.0124. The Bertz CT molecular complexity index is 504. The number of aryl methyl sites for hydroxylation is 1. The molecule has 23 heavy (non-hydrogen) atoms. The molecular weight excluding hydrogens is 288 g/mol. The van der Waals surface area contributed by atoms with Gasteiger partial charge in [-0.25, -0.2) is 0 Å². The third-order valence-electron chi connectivity index (χ3n) is 4.80. The Balaban J connectivity index is 2.12. The standard InChI is InChI=1S/C19H30N2O2/c1-16-9-6-7-10-17(16)15-21(13-14-23-3)19(22)18-11-5-4-8-12-20(18)2/h6-7,9-10,18H,4-5,8,11-15H2,1-3H3/t18-/m0/s1. The van der Waals surface area contributed by atoms with E-state index < -0.39 is 0 Å². The normalized spacial score (nSPS) is 19.3. The molecule has 1 amide bonds. The zero-order valence-electron chi connectivity index (χ0n) is 14.8. The second-order valence-electron chi connectivity index (χ2n) is 6.52. The first-order valence-electron chi connectivity index (χ1n) is 8.66. The molecule has 0 radical (unpaired) electrons. The van der Waals surface area contributed by atoms with Crippen LogP contribution in [0.4, 0.5) is 0 Å². The summed E-state index contributed by atoms with van der Waals surface area (Å²) in [6, 6.07) is 8.31. The maximum atomic E-state index is 13.1. The molecule has 0 saturated carbocycles. The molecule has 4 nitrogen and oxygen atoms in total. The van der Waals surface area contributed by atoms with Crippen LogP contribution in [-0.4, -0.2) is 55.6 Å². The molecule has 1 atom stereocenters. The maximum Gasteiger partial charge on any atom is 0.240 e. The number of carbonyl (C=O) groups excluding carboxylic acids is 1. The fourth-order valence-corrected chi connectivity index (χ4v) is 3.24. The Hall–Kier alpha value is -1.39. The van der Waals surface area contributed by atoms with Gasteiger partial charge < -0.3 is 9.64 Å². The number of likely N-dealkylation sites (N-methyl/N-ethyl adjacent to an activating group) is 1. The van der Waals surface area contributed by atoms with Crippen LogP contribution in [0.1, 0.15) is 36.8 Å². The summed E-state index contributed by atoms with van der Waals surface area (Å²) in [5, 5.41) is 0. The number of amides is 1. The number of likely N-dealkylation sites (tertiary alicyclic amines) is 1. The van der Waals surface area contributed by atoms with Gasteiger partial charge in [-0.05, 0) is 44.5 Å². The molecule has 128 valence electrons. The average Bonchev–Trinajstić information content (AvgIpc) is 2.77. The number of carbonyl (C=O) groups is 1. The van der Waals surface area contributed by atoms with Gasteiger partial charge in [-0.1, -0.05) is 37.1 Å². The van der Waals surface area contributed by atoms with Crippen LogP contribution in [0.5, 0.6) is 0 Å². The van der Waals surface area contributed by atoms with E-state index in [0.717, 1.165) is 19.4 Å². The Morgan fingerprint density at radius 1 is 1.30 bits per heavy atom. The van der Waals surface area contributed by atoms with Gasteiger partial charge in [-0.2, -0.15) is 0 Å². The summed E-state index contributed by atoms with van der Waals surface area (Å²) in [7, 11) is 3.77. The van der Waals surface area contributed by atoms with Gasteiger partial charge >= 0.3 is 0 Å². The minimum atomic E-state index is 0.0124. The van der Waals surface area contributed by atoms with Gasteiger partial charge in [0.15, 0.2) is 0 Å². The highest BCUT2D eigenvalue weighted by Crippen LogP contribution is 2.19. The topological polar surface area (TPSA) is 32.8 Å². The molecule has 1 fully saturated rings. The maximum absolute atomic E-state index is 13.1. The van der Waals surface area contributed by atoms with E-state index >= 15 is 0 Å². The zero-order chi connectivity index (χ0) is 16.7. The summed E-state index contributed by atoms with van der Waals surface area (Å²) < 4.78 is 5.22. The van der Waals surface area contributed by atoms with Crippen LogP contribution in [0.25, 0.3) is 0 Å². The first-order valence-corrected chi connectivity index (χ1v) is 8.66. The van der Waals surface area contributed by atoms with Crippen LogP contribution in [0.2, 0.25) is 0 Å². The van der Waals surface area contributed by atoms with Crippen molar-refractivity contribution in [1.82, 2.24) is 9.80 Å². The van der Waals surface area contributed by atoms with Gasteiger partial charge in [-0.15, -0.1) is 0 Å². The van der Waals surface area contributed by atoms with Crippen LogP contribution < -0.4 is 0 Å². The number of benzene rings is 1. The molecule has 0 bridgehead atoms. The van der Waals surface area contributed by atoms with Crippen molar-refractivity contribution in [1.29, 1.82) is 0 Å². The fraction of sp³-hybridized carbons (Fsp3) is 0.632. The summed E-state index contributed by atoms with van der Waals surface area (Å²) in [6.45, 7) is 5.01. The van der Waals surface area contributed by atoms with Crippen molar-refractivity contribution < 1.29 is 9.53 Å². The SMILES string of the molecule is COCCN(Cc1ccccc1C)C(=O)[C@@H]1CCCCCN1C. The summed E-state index contributed by atoms with van der Waals surface area (Å²) >= 11 is 0. The number of hydrogen-bond acceptors (Lipinski definition) is 3. The molecule has 0 spiro atoms. The lowest BCUT2D eigenvalue weighted by Gasteiger charge is -2.31. The number of hydrogen-bond donors (Lipinski definition) is 0. The van der Waals surface area contributed by atoms with Gasteiger partial charge in [0.25, 0.3) is 0 Å². The van der Waals surface area contributed by atoms with Gasteiger partial charge in [0.1, 0.15) is 0 Å². The lowest BCUT2D eigenvalue weighted by Crippen LogP contribution is -2.47. The second-order valence-corrected chi connectivity index (χ2v) is 6.52. The van der Waals surface area contributed by atoms with E-state index in [-0.39, 0.29) is 11.9 Å². The smallest absolute Gasteiger partial charge is 0.240 e. The monoisotopic (exact) mass is 318 g/mol. The van der Waals surface area contributed by atoms with Crippen LogP contribution in [-0.2, 0) is 16.1 Å². The minimum Gasteiger partial charge on any atom is -0.383 e. The van der Waals surface area contributed by atoms with E-state index in [9.17, 15) is 4.79 Å². The molecule has 0 aromatic heterocycles. The van der Waals surface area contributed by atoms with E-state index in [0.29, 0.717) is 19.7 Å². The number of ether oxygens (including phenoxy) is 1. The fourth-order valence-electron chi connectivity index (χ4n) is 3.24. The third kappa shape index (κ3) is 5.05. The summed E-state index contributed by atoms with van der Waals surface area (Å²) in [5.41, 5.74) is 2.45. The molecule has 1 heterocycles. The van der Waals surface area contributed by atoms with Gasteiger partial charge in [0.2, 0.25) is 5.91 Å². The Morgan fingerprint density at radius 2 is 2.09 bits per heavy atom. The first-order chi connectivity index (χ1) is 11.1. The van der Waals surface area contributed by atoms with Crippen LogP contribution in [0, 0.1) is 6.92 Å². The van der Waals surface area contributed by atoms with Gasteiger partial charge in [0.05, 0.1) is 12.6 Å². The molecule has 0 unspecified atom stereocenters. The van der Waals surface area contributed by atoms with Crippen molar-refractivity contribution in [2.75, 3.05) is 33.9 Å². The predicted molar refractivity (Wildman–Crippen MR) is 93.4 cm³/mol. The lowest BCUT2D eigenvalue weighted by atomic mass is 10.1. The van der Waals surface area contributed by atoms with Crippen LogP contribution >= 0.6 is 0 Å². The summed E-state index contributed by atoms with van der Waals surface area (Å²) in [6.07, 6.45) is 4.52. The molecule has 1 aliphatic rings. The first kappa shape index (κ1) is 18.0. The summed E-state index contributed by atoms with van der Waals surface area (Å²) in [5.74, 6) is 0.245. The van der Waals surface area contributed by atoms with Crippen LogP contribution in [0.3, 0.4) is 0 Å². The van der Waals surface area contributed by atoms with Crippen molar-refractivity contribution >= 4 is 5.91 Å². The van der Waals surface area contributed by atoms with Gasteiger partial charge in [0, 0.05) is 20.2 Å². The van der Waals surface area contributed by atoms with Crippen molar-refractivity contribution in [3.05, 3.63) is 35.4 Å². The van der Waals surface area contributed by atoms with Crippen molar-refractivity contribution in [2.24, 2.45) is 0 Å². The predicted octanol–water partition coefficient (Wildman–Crippen LogP) is 2.84. The number of methoxy groups -OCH3 is 1. The number of rotatable bonds is 6. The van der Waals surface area contributed by atoms with Gasteiger partial charge in [-0.3, -0.25) is 9.69 Å². The number of nitrogens with zero attached hydrogens (tertiary/aromatic N) is 2. The van der Waals surface area contributed by atoms with Crippen molar-refractivity contribution in [3.8, 4) is 0 Å². The summed E-state index contributed by atoms with van der Waals surface area (Å²) in [4.78, 5) is 17.3. The Morgan fingerprint density at radius 3 is 2.83 bits per heavy atom. The van der Waals surface area contributed by atoms with Crippen molar-refractivity contribution in [3.63, 3.8) is 0 Å². The second kappa shape index (κ2) is 9.04. The average molecular weight is 318 g/mol. The van der Waals surface area contributed by atoms with E-state index in [1.54, 1.807) is 7.11 Å². The van der Waals surface area contributed by atoms with E-state index in [1.165, 1.54) is 24.0 Å². The molecule has 1 saturated heterocycles. The van der Waals surface area contributed by atoms with Crippen LogP contribution in [0.15, 0.2) is 24.3 Å². The highest BCUT2D eigenvalue weighted by atomic mass is 16.5. The van der Waals surface area contributed by atoms with E-state index in [2.05, 4.69) is 31.0 Å². The van der Waals surface area contributed by atoms with E-state index in [1.807, 2.05) is 17.0 Å². The molecule has 1 aromatic rings. The highest BCUT2D eigenvalue weighted by molar-refractivity contribution is 5.82. The molecule has 4 heteroatoms. The zero-order valence-corrected chi connectivity index (χ0v) is 14.8. The largest absolute Gasteiger partial charge is 0.383 e.